The molecule has 2 aromatic carbocycles. The van der Waals surface area contributed by atoms with E-state index in [0.29, 0.717) is 0 Å². The highest BCUT2D eigenvalue weighted by Crippen LogP contribution is 2.23. The third kappa shape index (κ3) is 2.93. The second-order valence-corrected chi connectivity index (χ2v) is 5.54. The topological polar surface area (TPSA) is 3.24 Å². The van der Waals surface area contributed by atoms with Gasteiger partial charge in [-0.25, -0.2) is 0 Å². The van der Waals surface area contributed by atoms with Crippen molar-refractivity contribution in [3.8, 4) is 0 Å². The number of nitrogens with zero attached hydrogens (tertiary/aromatic N) is 1. The van der Waals surface area contributed by atoms with E-state index in [0.717, 1.165) is 11.4 Å². The maximum atomic E-state index is 6.20. The van der Waals surface area contributed by atoms with Gasteiger partial charge in [0.25, 0.3) is 0 Å². The molecule has 1 nitrogen and oxygen atoms in total. The summed E-state index contributed by atoms with van der Waals surface area (Å²) < 4.78 is 0. The molecule has 0 radical (unpaired) electrons. The van der Waals surface area contributed by atoms with E-state index in [1.807, 2.05) is 18.2 Å². The number of hydrogen-bond donors (Lipinski definition) is 0. The van der Waals surface area contributed by atoms with Crippen molar-refractivity contribution in [3.05, 3.63) is 64.7 Å². The predicted molar refractivity (Wildman–Crippen MR) is 82.1 cm³/mol. The monoisotopic (exact) mass is 271 g/mol. The molecular formula is C17H18ClN. The Balaban J connectivity index is 1.74. The second kappa shape index (κ2) is 5.66. The Labute approximate surface area is 119 Å². The van der Waals surface area contributed by atoms with Gasteiger partial charge in [0.05, 0.1) is 0 Å². The van der Waals surface area contributed by atoms with Crippen LogP contribution in [0.15, 0.2) is 48.5 Å². The lowest BCUT2D eigenvalue weighted by Gasteiger charge is -2.17. The highest BCUT2D eigenvalue weighted by Gasteiger charge is 2.11. The minimum absolute atomic E-state index is 0.853. The van der Waals surface area contributed by atoms with E-state index in [4.69, 9.17) is 11.6 Å². The van der Waals surface area contributed by atoms with E-state index >= 15 is 0 Å². The van der Waals surface area contributed by atoms with Gasteiger partial charge in [-0.05, 0) is 48.6 Å². The van der Waals surface area contributed by atoms with Gasteiger partial charge < -0.3 is 4.90 Å². The average Bonchev–Trinajstić information content (AvgIpc) is 2.96. The van der Waals surface area contributed by atoms with Crippen LogP contribution >= 0.6 is 11.6 Å². The van der Waals surface area contributed by atoms with Gasteiger partial charge in [0.15, 0.2) is 0 Å². The lowest BCUT2D eigenvalue weighted by atomic mass is 10.0. The van der Waals surface area contributed by atoms with Gasteiger partial charge in [-0.3, -0.25) is 0 Å². The van der Waals surface area contributed by atoms with Crippen LogP contribution in [0.5, 0.6) is 0 Å². The first kappa shape index (κ1) is 12.6. The predicted octanol–water partition coefficient (Wildman–Crippen LogP) is 4.53. The third-order valence-electron chi connectivity index (χ3n) is 3.76. The average molecular weight is 272 g/mol. The Morgan fingerprint density at radius 1 is 0.895 bits per heavy atom. The number of anilines is 1. The van der Waals surface area contributed by atoms with Crippen molar-refractivity contribution in [3.63, 3.8) is 0 Å². The highest BCUT2D eigenvalue weighted by atomic mass is 35.5. The second-order valence-electron chi connectivity index (χ2n) is 5.13. The normalized spacial score (nSPS) is 14.9. The minimum Gasteiger partial charge on any atom is -0.372 e. The Kier molecular flexibility index (Phi) is 3.74. The first-order valence-corrected chi connectivity index (χ1v) is 7.28. The van der Waals surface area contributed by atoms with Crippen LogP contribution in [0, 0.1) is 0 Å². The number of halogens is 1. The van der Waals surface area contributed by atoms with E-state index in [1.165, 1.54) is 42.7 Å². The molecule has 2 aromatic rings. The molecule has 19 heavy (non-hydrogen) atoms. The number of hydrogen-bond acceptors (Lipinski definition) is 1. The maximum Gasteiger partial charge on any atom is 0.0441 e. The summed E-state index contributed by atoms with van der Waals surface area (Å²) in [5, 5.41) is 0.853. The van der Waals surface area contributed by atoms with Crippen molar-refractivity contribution < 1.29 is 0 Å². The number of benzene rings is 2. The largest absolute Gasteiger partial charge is 0.372 e. The Morgan fingerprint density at radius 2 is 1.58 bits per heavy atom. The van der Waals surface area contributed by atoms with E-state index < -0.39 is 0 Å². The van der Waals surface area contributed by atoms with Gasteiger partial charge in [0, 0.05) is 23.8 Å². The van der Waals surface area contributed by atoms with Crippen LogP contribution in [0.25, 0.3) is 0 Å². The molecule has 0 unspecified atom stereocenters. The first-order valence-electron chi connectivity index (χ1n) is 6.90. The van der Waals surface area contributed by atoms with Crippen molar-refractivity contribution in [2.45, 2.75) is 19.3 Å². The van der Waals surface area contributed by atoms with Crippen molar-refractivity contribution in [1.82, 2.24) is 0 Å². The maximum absolute atomic E-state index is 6.20. The Morgan fingerprint density at radius 3 is 2.26 bits per heavy atom. The molecular weight excluding hydrogens is 254 g/mol. The summed E-state index contributed by atoms with van der Waals surface area (Å²) in [5.41, 5.74) is 3.86. The van der Waals surface area contributed by atoms with Crippen molar-refractivity contribution in [2.75, 3.05) is 18.0 Å². The molecule has 0 aliphatic carbocycles. The van der Waals surface area contributed by atoms with Crippen LogP contribution in [0.1, 0.15) is 24.0 Å². The van der Waals surface area contributed by atoms with E-state index in [2.05, 4.69) is 35.2 Å². The van der Waals surface area contributed by atoms with Gasteiger partial charge in [0.1, 0.15) is 0 Å². The van der Waals surface area contributed by atoms with E-state index in [9.17, 15) is 0 Å². The van der Waals surface area contributed by atoms with Crippen molar-refractivity contribution >= 4 is 17.3 Å². The fourth-order valence-electron chi connectivity index (χ4n) is 2.66. The molecule has 1 fully saturated rings. The molecule has 0 bridgehead atoms. The summed E-state index contributed by atoms with van der Waals surface area (Å²) in [5.74, 6) is 0. The standard InChI is InChI=1S/C17H18ClN/c18-17-6-2-1-5-15(17)13-14-7-9-16(10-8-14)19-11-3-4-12-19/h1-2,5-10H,3-4,11-13H2. The summed E-state index contributed by atoms with van der Waals surface area (Å²) in [7, 11) is 0. The summed E-state index contributed by atoms with van der Waals surface area (Å²) in [4.78, 5) is 2.46. The summed E-state index contributed by atoms with van der Waals surface area (Å²) in [6.45, 7) is 2.40. The third-order valence-corrected chi connectivity index (χ3v) is 4.13. The molecule has 0 spiro atoms. The summed E-state index contributed by atoms with van der Waals surface area (Å²) in [6, 6.07) is 17.0. The van der Waals surface area contributed by atoms with E-state index in [-0.39, 0.29) is 0 Å². The van der Waals surface area contributed by atoms with Crippen LogP contribution in [-0.4, -0.2) is 13.1 Å². The Hall–Kier alpha value is -1.47. The van der Waals surface area contributed by atoms with Crippen LogP contribution in [-0.2, 0) is 6.42 Å². The summed E-state index contributed by atoms with van der Waals surface area (Å²) in [6.07, 6.45) is 3.54. The highest BCUT2D eigenvalue weighted by molar-refractivity contribution is 6.31. The van der Waals surface area contributed by atoms with Crippen LogP contribution in [0.4, 0.5) is 5.69 Å². The van der Waals surface area contributed by atoms with Gasteiger partial charge in [0.2, 0.25) is 0 Å². The van der Waals surface area contributed by atoms with Crippen LogP contribution < -0.4 is 4.90 Å². The zero-order valence-electron chi connectivity index (χ0n) is 11.0. The van der Waals surface area contributed by atoms with Crippen LogP contribution in [0.3, 0.4) is 0 Å². The molecule has 0 amide bonds. The van der Waals surface area contributed by atoms with Gasteiger partial charge in [-0.1, -0.05) is 41.9 Å². The first-order chi connectivity index (χ1) is 9.33. The number of rotatable bonds is 3. The quantitative estimate of drug-likeness (QED) is 0.793. The SMILES string of the molecule is Clc1ccccc1Cc1ccc(N2CCCC2)cc1. The van der Waals surface area contributed by atoms with Crippen molar-refractivity contribution in [1.29, 1.82) is 0 Å². The minimum atomic E-state index is 0.853. The fourth-order valence-corrected chi connectivity index (χ4v) is 2.86. The lowest BCUT2D eigenvalue weighted by Crippen LogP contribution is -2.17. The van der Waals surface area contributed by atoms with Gasteiger partial charge >= 0.3 is 0 Å². The van der Waals surface area contributed by atoms with Crippen LogP contribution in [0.2, 0.25) is 5.02 Å². The molecule has 0 atom stereocenters. The van der Waals surface area contributed by atoms with Gasteiger partial charge in [-0.2, -0.15) is 0 Å². The Bertz CT molecular complexity index is 541. The van der Waals surface area contributed by atoms with E-state index in [1.54, 1.807) is 0 Å². The zero-order chi connectivity index (χ0) is 13.1. The molecule has 0 N–H and O–H groups in total. The zero-order valence-corrected chi connectivity index (χ0v) is 11.7. The smallest absolute Gasteiger partial charge is 0.0441 e. The molecule has 2 heteroatoms. The fraction of sp³-hybridized carbons (Fsp3) is 0.294. The molecule has 3 rings (SSSR count). The molecule has 0 aromatic heterocycles. The molecule has 1 aliphatic heterocycles. The molecule has 1 heterocycles. The molecule has 1 saturated heterocycles. The van der Waals surface area contributed by atoms with Gasteiger partial charge in [-0.15, -0.1) is 0 Å². The molecule has 0 saturated carbocycles. The summed E-state index contributed by atoms with van der Waals surface area (Å²) >= 11 is 6.20. The van der Waals surface area contributed by atoms with Crippen molar-refractivity contribution in [2.24, 2.45) is 0 Å². The molecule has 1 aliphatic rings. The lowest BCUT2D eigenvalue weighted by molar-refractivity contribution is 0.949. The molecule has 98 valence electrons.